The Kier molecular flexibility index (Phi) is 16.9. The molecule has 12 rings (SSSR count). The van der Waals surface area contributed by atoms with Crippen LogP contribution in [0.1, 0.15) is 224 Å². The van der Waals surface area contributed by atoms with Gasteiger partial charge in [0.2, 0.25) is 0 Å². The van der Waals surface area contributed by atoms with Gasteiger partial charge in [0.15, 0.2) is 0 Å². The summed E-state index contributed by atoms with van der Waals surface area (Å²) in [4.78, 5) is 63.7. The fourth-order valence-electron chi connectivity index (χ4n) is 14.5. The van der Waals surface area contributed by atoms with Gasteiger partial charge < -0.3 is 0 Å². The summed E-state index contributed by atoms with van der Waals surface area (Å²) in [5.74, 6) is -11.9. The number of nitrogens with zero attached hydrogens (tertiary/aromatic N) is 2. The maximum Gasteiger partial charge on any atom is 0.380 e. The molecule has 7 aromatic carbocycles. The van der Waals surface area contributed by atoms with Gasteiger partial charge >= 0.3 is 17.8 Å². The summed E-state index contributed by atoms with van der Waals surface area (Å²) in [5, 5.41) is 4.71. The van der Waals surface area contributed by atoms with Gasteiger partial charge in [0.25, 0.3) is 23.6 Å². The second kappa shape index (κ2) is 24.4. The molecule has 9 aromatic rings. The van der Waals surface area contributed by atoms with Crippen LogP contribution in [0.4, 0.5) is 26.3 Å². The number of benzene rings is 7. The van der Waals surface area contributed by atoms with Crippen molar-refractivity contribution < 1.29 is 45.5 Å². The summed E-state index contributed by atoms with van der Waals surface area (Å²) < 4.78 is 101. The number of carbonyl (C=O) groups is 4. The minimum absolute atomic E-state index is 0.0344. The SMILES string of the molecule is CCCCCCC(CCCCCC)N1C(=O)c2ccc3c4ccc5c6c(cc(C#Cc7sc8ccccc8c7C7=C(c8sc9ccccc9c8C)C(F)(F)C(F)(F)C7(F)F)c(c7ccc(c2c37)C1=O)c64)C(=O)N(C(CCCCCC)CCCCCC)C5=O. The molecule has 2 aliphatic heterocycles. The van der Waals surface area contributed by atoms with Crippen molar-refractivity contribution in [3.05, 3.63) is 140 Å². The van der Waals surface area contributed by atoms with Crippen LogP contribution in [0.2, 0.25) is 0 Å². The molecule has 0 radical (unpaired) electrons. The second-order valence-electron chi connectivity index (χ2n) is 24.6. The predicted molar refractivity (Wildman–Crippen MR) is 347 cm³/mol. The highest BCUT2D eigenvalue weighted by molar-refractivity contribution is 7.20. The number of carbonyl (C=O) groups excluding carboxylic acids is 4. The first-order valence-electron chi connectivity index (χ1n) is 31.9. The number of imide groups is 2. The van der Waals surface area contributed by atoms with Gasteiger partial charge in [-0.05, 0) is 107 Å². The molecule has 0 unspecified atom stereocenters. The van der Waals surface area contributed by atoms with Gasteiger partial charge in [-0.15, -0.1) is 22.7 Å². The summed E-state index contributed by atoms with van der Waals surface area (Å²) >= 11 is 1.67. The number of hydrogen-bond donors (Lipinski definition) is 0. The standard InChI is InChI=1S/C74H72F6N2O4S2/c1-6-10-14-18-26-45(27-19-15-11-7-2)81-68(83)52-38-35-48-49-36-39-54-62-55(71(86)82(70(54)85)46(28-20-16-12-8-3)29-21-17-13-9-4)42-44(59(64(49)62)51-37-40-53(69(81)84)61(52)60(48)51)34-41-58-63(50-31-23-25-33-57(50)87-58)65-66(73(77,78)74(79,80)72(65,75)76)67-43(5)47-30-22-24-32-56(47)88-67/h22-25,30-33,35-40,42,45-46H,6-21,26-29H2,1-5H3. The number of alkyl halides is 6. The molecule has 0 N–H and O–H groups in total. The average Bonchev–Trinajstić information content (AvgIpc) is 1.07. The van der Waals surface area contributed by atoms with Crippen LogP contribution in [0.5, 0.6) is 0 Å². The lowest BCUT2D eigenvalue weighted by molar-refractivity contribution is -0.254. The van der Waals surface area contributed by atoms with E-state index in [0.29, 0.717) is 100 Å². The highest BCUT2D eigenvalue weighted by atomic mass is 32.1. The molecule has 88 heavy (non-hydrogen) atoms. The van der Waals surface area contributed by atoms with Gasteiger partial charge in [0.1, 0.15) is 0 Å². The lowest BCUT2D eigenvalue weighted by Crippen LogP contribution is -2.48. The van der Waals surface area contributed by atoms with Gasteiger partial charge in [0.05, 0.1) is 10.5 Å². The fourth-order valence-corrected chi connectivity index (χ4v) is 16.8. The number of unbranched alkanes of at least 4 members (excludes halogenated alkanes) is 12. The second-order valence-corrected chi connectivity index (χ2v) is 26.7. The summed E-state index contributed by atoms with van der Waals surface area (Å²) in [7, 11) is 0. The van der Waals surface area contributed by atoms with E-state index in [4.69, 9.17) is 0 Å². The predicted octanol–water partition coefficient (Wildman–Crippen LogP) is 21.5. The van der Waals surface area contributed by atoms with Crippen molar-refractivity contribution in [3.8, 4) is 11.8 Å². The van der Waals surface area contributed by atoms with Crippen molar-refractivity contribution in [1.82, 2.24) is 9.80 Å². The number of thiophene rings is 2. The van der Waals surface area contributed by atoms with Crippen molar-refractivity contribution in [1.29, 1.82) is 0 Å². The van der Waals surface area contributed by atoms with Crippen LogP contribution in [0.25, 0.3) is 74.4 Å². The number of amides is 4. The third-order valence-corrected chi connectivity index (χ3v) is 21.4. The Hall–Kier alpha value is -7.08. The lowest BCUT2D eigenvalue weighted by atomic mass is 9.80. The van der Waals surface area contributed by atoms with Crippen molar-refractivity contribution in [2.45, 2.75) is 193 Å². The van der Waals surface area contributed by atoms with E-state index in [2.05, 4.69) is 39.5 Å². The molecular weight excluding hydrogens is 1160 g/mol. The zero-order chi connectivity index (χ0) is 62.0. The zero-order valence-electron chi connectivity index (χ0n) is 50.6. The molecule has 6 nitrogen and oxygen atoms in total. The molecule has 4 amide bonds. The Morgan fingerprint density at radius 3 is 1.36 bits per heavy atom. The van der Waals surface area contributed by atoms with Gasteiger partial charge in [-0.3, -0.25) is 29.0 Å². The largest absolute Gasteiger partial charge is 0.380 e. The molecule has 0 saturated heterocycles. The topological polar surface area (TPSA) is 74.8 Å². The van der Waals surface area contributed by atoms with Gasteiger partial charge in [-0.2, -0.15) is 26.3 Å². The van der Waals surface area contributed by atoms with E-state index in [9.17, 15) is 0 Å². The molecule has 2 aromatic heterocycles. The third kappa shape index (κ3) is 9.82. The zero-order valence-corrected chi connectivity index (χ0v) is 52.2. The molecule has 1 aliphatic carbocycles. The van der Waals surface area contributed by atoms with E-state index in [1.54, 1.807) is 60.7 Å². The first-order chi connectivity index (χ1) is 42.4. The van der Waals surface area contributed by atoms with E-state index in [0.717, 1.165) is 125 Å². The lowest BCUT2D eigenvalue weighted by Gasteiger charge is -2.36. The van der Waals surface area contributed by atoms with E-state index >= 15 is 45.5 Å². The Morgan fingerprint density at radius 1 is 0.432 bits per heavy atom. The Bertz CT molecular complexity index is 4320. The first kappa shape index (κ1) is 61.2. The molecule has 0 atom stereocenters. The van der Waals surface area contributed by atoms with Crippen LogP contribution in [0.3, 0.4) is 0 Å². The van der Waals surface area contributed by atoms with Crippen molar-refractivity contribution in [2.24, 2.45) is 0 Å². The fraction of sp³-hybridized carbons (Fsp3) is 0.405. The highest BCUT2D eigenvalue weighted by Gasteiger charge is 2.81. The molecule has 3 aliphatic rings. The van der Waals surface area contributed by atoms with E-state index < -0.39 is 52.3 Å². The summed E-state index contributed by atoms with van der Waals surface area (Å²) in [5.41, 5.74) is -1.92. The van der Waals surface area contributed by atoms with Crippen LogP contribution in [-0.4, -0.2) is 63.3 Å². The number of aryl methyl sites for hydroxylation is 1. The monoisotopic (exact) mass is 1230 g/mol. The van der Waals surface area contributed by atoms with Crippen LogP contribution < -0.4 is 0 Å². The molecule has 4 heterocycles. The van der Waals surface area contributed by atoms with Crippen LogP contribution in [0.15, 0.2) is 91.0 Å². The van der Waals surface area contributed by atoms with Gasteiger partial charge in [-0.25, -0.2) is 0 Å². The highest BCUT2D eigenvalue weighted by Crippen LogP contribution is 2.67. The minimum Gasteiger partial charge on any atom is -0.271 e. The molecule has 0 saturated carbocycles. The number of halogens is 6. The van der Waals surface area contributed by atoms with Crippen molar-refractivity contribution >= 4 is 121 Å². The maximum absolute atomic E-state index is 17.1. The molecule has 0 fully saturated rings. The van der Waals surface area contributed by atoms with E-state index in [-0.39, 0.29) is 49.7 Å². The van der Waals surface area contributed by atoms with Crippen LogP contribution in [-0.2, 0) is 0 Å². The Morgan fingerprint density at radius 2 is 0.864 bits per heavy atom. The van der Waals surface area contributed by atoms with Crippen LogP contribution >= 0.6 is 22.7 Å². The number of fused-ring (bicyclic) bond motifs is 4. The third-order valence-electron chi connectivity index (χ3n) is 19.0. The quantitative estimate of drug-likeness (QED) is 0.0151. The van der Waals surface area contributed by atoms with Crippen molar-refractivity contribution in [3.63, 3.8) is 0 Å². The molecular formula is C74H72F6N2O4S2. The van der Waals surface area contributed by atoms with E-state index in [1.807, 2.05) is 18.2 Å². The molecule has 0 bridgehead atoms. The molecule has 0 spiro atoms. The van der Waals surface area contributed by atoms with E-state index in [1.165, 1.54) is 28.9 Å². The maximum atomic E-state index is 17.1. The van der Waals surface area contributed by atoms with Crippen molar-refractivity contribution in [2.75, 3.05) is 0 Å². The number of rotatable bonds is 24. The number of hydrogen-bond acceptors (Lipinski definition) is 6. The summed E-state index contributed by atoms with van der Waals surface area (Å²) in [6.45, 7) is 10.0. The first-order valence-corrected chi connectivity index (χ1v) is 33.5. The average molecular weight is 1230 g/mol. The summed E-state index contributed by atoms with van der Waals surface area (Å²) in [6, 6.07) is 24.5. The number of allylic oxidation sites excluding steroid dienone is 2. The minimum atomic E-state index is -5.84. The summed E-state index contributed by atoms with van der Waals surface area (Å²) in [6.07, 6.45) is 18.0. The Labute approximate surface area is 517 Å². The Balaban J connectivity index is 1.11. The smallest absolute Gasteiger partial charge is 0.271 e. The van der Waals surface area contributed by atoms with Gasteiger partial charge in [-0.1, -0.05) is 191 Å². The van der Waals surface area contributed by atoms with Crippen LogP contribution in [0, 0.1) is 18.8 Å². The van der Waals surface area contributed by atoms with Gasteiger partial charge in [0, 0.05) is 92.2 Å². The normalized spacial score (nSPS) is 16.3. The molecule has 456 valence electrons. The molecule has 14 heteroatoms.